The van der Waals surface area contributed by atoms with Crippen molar-refractivity contribution in [2.75, 3.05) is 13.1 Å². The molecular formula is C13H24N2O2. The minimum absolute atomic E-state index is 0.100. The maximum atomic E-state index is 12.0. The fourth-order valence-electron chi connectivity index (χ4n) is 2.59. The number of amides is 1. The second-order valence-electron chi connectivity index (χ2n) is 5.92. The lowest BCUT2D eigenvalue weighted by Gasteiger charge is -2.49. The van der Waals surface area contributed by atoms with Crippen LogP contribution in [0, 0.1) is 5.41 Å². The summed E-state index contributed by atoms with van der Waals surface area (Å²) in [4.78, 5) is 14.0. The number of hydrogen-bond acceptors (Lipinski definition) is 3. The molecule has 0 aliphatic heterocycles. The van der Waals surface area contributed by atoms with Gasteiger partial charge in [0.15, 0.2) is 0 Å². The first-order valence-corrected chi connectivity index (χ1v) is 6.67. The third kappa shape index (κ3) is 2.47. The van der Waals surface area contributed by atoms with Crippen molar-refractivity contribution in [3.8, 4) is 0 Å². The summed E-state index contributed by atoms with van der Waals surface area (Å²) in [6.07, 6.45) is 2.84. The second kappa shape index (κ2) is 4.58. The molecule has 2 rings (SSSR count). The van der Waals surface area contributed by atoms with E-state index in [1.54, 1.807) is 0 Å². The van der Waals surface area contributed by atoms with Crippen molar-refractivity contribution < 1.29 is 9.90 Å². The van der Waals surface area contributed by atoms with Gasteiger partial charge in [-0.3, -0.25) is 4.79 Å². The van der Waals surface area contributed by atoms with E-state index in [0.29, 0.717) is 12.6 Å². The highest BCUT2D eigenvalue weighted by Crippen LogP contribution is 2.40. The topological polar surface area (TPSA) is 52.6 Å². The first kappa shape index (κ1) is 12.8. The first-order valence-electron chi connectivity index (χ1n) is 6.67. The van der Waals surface area contributed by atoms with Crippen LogP contribution in [0.25, 0.3) is 0 Å². The van der Waals surface area contributed by atoms with E-state index in [2.05, 4.69) is 5.32 Å². The number of nitrogens with zero attached hydrogens (tertiary/aromatic N) is 1. The summed E-state index contributed by atoms with van der Waals surface area (Å²) in [6, 6.07) is 0.758. The van der Waals surface area contributed by atoms with Crippen LogP contribution in [0.2, 0.25) is 0 Å². The van der Waals surface area contributed by atoms with Crippen molar-refractivity contribution in [1.82, 2.24) is 10.2 Å². The van der Waals surface area contributed by atoms with E-state index < -0.39 is 0 Å². The Bertz CT molecular complexity index is 300. The van der Waals surface area contributed by atoms with E-state index in [9.17, 15) is 9.90 Å². The van der Waals surface area contributed by atoms with E-state index >= 15 is 0 Å². The average Bonchev–Trinajstić information content (AvgIpc) is 3.09. The van der Waals surface area contributed by atoms with Crippen molar-refractivity contribution in [2.24, 2.45) is 5.41 Å². The number of rotatable bonds is 5. The molecule has 0 aromatic heterocycles. The molecule has 2 saturated carbocycles. The van der Waals surface area contributed by atoms with Crippen molar-refractivity contribution in [2.45, 2.75) is 58.2 Å². The zero-order valence-corrected chi connectivity index (χ0v) is 11.1. The highest BCUT2D eigenvalue weighted by molar-refractivity contribution is 5.79. The second-order valence-corrected chi connectivity index (χ2v) is 5.92. The van der Waals surface area contributed by atoms with Crippen LogP contribution in [0.4, 0.5) is 0 Å². The van der Waals surface area contributed by atoms with Crippen LogP contribution < -0.4 is 5.32 Å². The van der Waals surface area contributed by atoms with E-state index in [1.807, 2.05) is 25.7 Å². The minimum Gasteiger partial charge on any atom is -0.392 e. The maximum absolute atomic E-state index is 12.0. The lowest BCUT2D eigenvalue weighted by molar-refractivity contribution is -0.132. The smallest absolute Gasteiger partial charge is 0.236 e. The van der Waals surface area contributed by atoms with Gasteiger partial charge in [0.25, 0.3) is 0 Å². The molecule has 2 N–H and O–H groups in total. The SMILES string of the molecule is CCN(C(=O)CNC1CC(O)C1(C)C)C1CC1. The number of aliphatic hydroxyl groups excluding tert-OH is 1. The summed E-state index contributed by atoms with van der Waals surface area (Å²) < 4.78 is 0. The molecule has 2 atom stereocenters. The zero-order chi connectivity index (χ0) is 12.6. The van der Waals surface area contributed by atoms with Gasteiger partial charge >= 0.3 is 0 Å². The summed E-state index contributed by atoms with van der Waals surface area (Å²) >= 11 is 0. The summed E-state index contributed by atoms with van der Waals surface area (Å²) in [6.45, 7) is 7.34. The first-order chi connectivity index (χ1) is 7.96. The van der Waals surface area contributed by atoms with Crippen LogP contribution in [0.1, 0.15) is 40.0 Å². The molecule has 17 heavy (non-hydrogen) atoms. The molecule has 0 aromatic carbocycles. The molecule has 0 bridgehead atoms. The molecule has 0 aromatic rings. The van der Waals surface area contributed by atoms with Gasteiger partial charge in [-0.15, -0.1) is 0 Å². The standard InChI is InChI=1S/C13H24N2O2/c1-4-15(9-5-6-9)12(17)8-14-10-7-11(16)13(10,2)3/h9-11,14,16H,4-8H2,1-3H3. The van der Waals surface area contributed by atoms with E-state index in [1.165, 1.54) is 0 Å². The number of carbonyl (C=O) groups is 1. The third-order valence-electron chi connectivity index (χ3n) is 4.36. The van der Waals surface area contributed by atoms with Crippen molar-refractivity contribution in [1.29, 1.82) is 0 Å². The molecule has 0 saturated heterocycles. The Morgan fingerprint density at radius 1 is 1.47 bits per heavy atom. The van der Waals surface area contributed by atoms with Crippen LogP contribution in [-0.2, 0) is 4.79 Å². The number of carbonyl (C=O) groups excluding carboxylic acids is 1. The van der Waals surface area contributed by atoms with E-state index in [-0.39, 0.29) is 23.5 Å². The molecule has 4 nitrogen and oxygen atoms in total. The van der Waals surface area contributed by atoms with Gasteiger partial charge in [-0.2, -0.15) is 0 Å². The molecule has 2 aliphatic rings. The summed E-state index contributed by atoms with van der Waals surface area (Å²) in [5.41, 5.74) is -0.100. The largest absolute Gasteiger partial charge is 0.392 e. The minimum atomic E-state index is -0.235. The van der Waals surface area contributed by atoms with Gasteiger partial charge in [-0.1, -0.05) is 13.8 Å². The highest BCUT2D eigenvalue weighted by atomic mass is 16.3. The predicted octanol–water partition coefficient (Wildman–Crippen LogP) is 0.746. The number of nitrogens with one attached hydrogen (secondary N) is 1. The fraction of sp³-hybridized carbons (Fsp3) is 0.923. The molecule has 2 aliphatic carbocycles. The molecule has 4 heteroatoms. The number of aliphatic hydroxyl groups is 1. The summed E-state index contributed by atoms with van der Waals surface area (Å²) in [5.74, 6) is 0.201. The normalized spacial score (nSPS) is 30.8. The molecule has 2 fully saturated rings. The Labute approximate surface area is 103 Å². The number of hydrogen-bond donors (Lipinski definition) is 2. The molecule has 0 heterocycles. The van der Waals surface area contributed by atoms with E-state index in [0.717, 1.165) is 25.8 Å². The molecule has 1 amide bonds. The predicted molar refractivity (Wildman–Crippen MR) is 66.6 cm³/mol. The average molecular weight is 240 g/mol. The van der Waals surface area contributed by atoms with Crippen LogP contribution >= 0.6 is 0 Å². The Kier molecular flexibility index (Phi) is 3.46. The van der Waals surface area contributed by atoms with Crippen LogP contribution in [0.15, 0.2) is 0 Å². The van der Waals surface area contributed by atoms with Crippen molar-refractivity contribution in [3.63, 3.8) is 0 Å². The van der Waals surface area contributed by atoms with E-state index in [4.69, 9.17) is 0 Å². The van der Waals surface area contributed by atoms with Crippen LogP contribution in [0.3, 0.4) is 0 Å². The van der Waals surface area contributed by atoms with Gasteiger partial charge in [0.1, 0.15) is 0 Å². The van der Waals surface area contributed by atoms with Gasteiger partial charge < -0.3 is 15.3 Å². The Hall–Kier alpha value is -0.610. The van der Waals surface area contributed by atoms with Crippen LogP contribution in [0.5, 0.6) is 0 Å². The van der Waals surface area contributed by atoms with Gasteiger partial charge in [-0.05, 0) is 26.2 Å². The molecule has 2 unspecified atom stereocenters. The van der Waals surface area contributed by atoms with Gasteiger partial charge in [0.05, 0.1) is 12.6 Å². The molecule has 0 radical (unpaired) electrons. The van der Waals surface area contributed by atoms with Gasteiger partial charge in [0, 0.05) is 24.0 Å². The Morgan fingerprint density at radius 2 is 2.12 bits per heavy atom. The third-order valence-corrected chi connectivity index (χ3v) is 4.36. The van der Waals surface area contributed by atoms with Gasteiger partial charge in [-0.25, -0.2) is 0 Å². The summed E-state index contributed by atoms with van der Waals surface area (Å²) in [5, 5.41) is 12.9. The lowest BCUT2D eigenvalue weighted by Crippen LogP contribution is -2.61. The molecule has 98 valence electrons. The van der Waals surface area contributed by atoms with Crippen molar-refractivity contribution >= 4 is 5.91 Å². The molecule has 0 spiro atoms. The fourth-order valence-corrected chi connectivity index (χ4v) is 2.59. The highest BCUT2D eigenvalue weighted by Gasteiger charge is 2.47. The Balaban J connectivity index is 1.76. The van der Waals surface area contributed by atoms with Gasteiger partial charge in [0.2, 0.25) is 5.91 Å². The molecular weight excluding hydrogens is 216 g/mol. The lowest BCUT2D eigenvalue weighted by atomic mass is 9.64. The summed E-state index contributed by atoms with van der Waals surface area (Å²) in [7, 11) is 0. The quantitative estimate of drug-likeness (QED) is 0.745. The Morgan fingerprint density at radius 3 is 2.53 bits per heavy atom. The van der Waals surface area contributed by atoms with Crippen molar-refractivity contribution in [3.05, 3.63) is 0 Å². The monoisotopic (exact) mass is 240 g/mol. The zero-order valence-electron chi connectivity index (χ0n) is 11.1. The maximum Gasteiger partial charge on any atom is 0.236 e. The number of likely N-dealkylation sites (N-methyl/N-ethyl adjacent to an activating group) is 1. The van der Waals surface area contributed by atoms with Crippen LogP contribution in [-0.4, -0.2) is 47.2 Å².